The largest absolute Gasteiger partial charge is 0.508 e. The smallest absolute Gasteiger partial charge is 0.217 e. The van der Waals surface area contributed by atoms with E-state index >= 15 is 0 Å². The Morgan fingerprint density at radius 2 is 2.15 bits per heavy atom. The highest BCUT2D eigenvalue weighted by Crippen LogP contribution is 2.25. The van der Waals surface area contributed by atoms with Crippen LogP contribution in [0.1, 0.15) is 29.7 Å². The van der Waals surface area contributed by atoms with Crippen LogP contribution < -0.4 is 10.1 Å². The molecular weight excluding hydrogens is 252 g/mol. The Bertz CT molecular complexity index is 584. The maximum absolute atomic E-state index is 9.98. The Hall–Kier alpha value is -2.07. The maximum atomic E-state index is 9.98. The first-order valence-electron chi connectivity index (χ1n) is 6.62. The highest BCUT2D eigenvalue weighted by Gasteiger charge is 2.11. The summed E-state index contributed by atoms with van der Waals surface area (Å²) in [6.45, 7) is 4.61. The van der Waals surface area contributed by atoms with Crippen molar-refractivity contribution in [1.82, 2.24) is 10.3 Å². The molecule has 2 aromatic rings. The van der Waals surface area contributed by atoms with Crippen LogP contribution in [0.5, 0.6) is 11.6 Å². The van der Waals surface area contributed by atoms with Gasteiger partial charge in [-0.2, -0.15) is 0 Å². The van der Waals surface area contributed by atoms with E-state index in [1.165, 1.54) is 0 Å². The third-order valence-corrected chi connectivity index (χ3v) is 3.29. The van der Waals surface area contributed by atoms with Crippen molar-refractivity contribution < 1.29 is 9.84 Å². The number of aromatic hydroxyl groups is 1. The number of ether oxygens (including phenoxy) is 1. The molecule has 1 aromatic carbocycles. The number of nitrogens with one attached hydrogen (secondary N) is 1. The molecule has 0 aliphatic carbocycles. The summed E-state index contributed by atoms with van der Waals surface area (Å²) in [4.78, 5) is 4.17. The second-order valence-corrected chi connectivity index (χ2v) is 4.84. The van der Waals surface area contributed by atoms with Crippen LogP contribution in [0, 0.1) is 6.92 Å². The Morgan fingerprint density at radius 1 is 1.35 bits per heavy atom. The molecule has 0 bridgehead atoms. The molecule has 0 aliphatic heterocycles. The van der Waals surface area contributed by atoms with Gasteiger partial charge in [-0.3, -0.25) is 0 Å². The fourth-order valence-corrected chi connectivity index (χ4v) is 2.14. The van der Waals surface area contributed by atoms with Gasteiger partial charge >= 0.3 is 0 Å². The van der Waals surface area contributed by atoms with Crippen LogP contribution in [0.2, 0.25) is 0 Å². The third-order valence-electron chi connectivity index (χ3n) is 3.29. The average molecular weight is 272 g/mol. The number of pyridine rings is 1. The third kappa shape index (κ3) is 3.27. The molecule has 20 heavy (non-hydrogen) atoms. The van der Waals surface area contributed by atoms with Crippen LogP contribution in [0.4, 0.5) is 0 Å². The van der Waals surface area contributed by atoms with Gasteiger partial charge in [0.25, 0.3) is 0 Å². The van der Waals surface area contributed by atoms with E-state index in [4.69, 9.17) is 4.74 Å². The van der Waals surface area contributed by atoms with E-state index in [9.17, 15) is 5.11 Å². The summed E-state index contributed by atoms with van der Waals surface area (Å²) >= 11 is 0. The van der Waals surface area contributed by atoms with E-state index in [-0.39, 0.29) is 6.04 Å². The SMILES string of the molecule is COc1ncccc1CNC(C)c1ccc(C)cc1O. The van der Waals surface area contributed by atoms with Crippen molar-refractivity contribution in [1.29, 1.82) is 0 Å². The first-order valence-corrected chi connectivity index (χ1v) is 6.62. The zero-order valence-electron chi connectivity index (χ0n) is 12.1. The summed E-state index contributed by atoms with van der Waals surface area (Å²) in [5.41, 5.74) is 2.93. The molecule has 1 heterocycles. The van der Waals surface area contributed by atoms with E-state index < -0.39 is 0 Å². The second kappa shape index (κ2) is 6.39. The number of phenols is 1. The Labute approximate surface area is 119 Å². The summed E-state index contributed by atoms with van der Waals surface area (Å²) in [6.07, 6.45) is 1.71. The first kappa shape index (κ1) is 14.3. The highest BCUT2D eigenvalue weighted by molar-refractivity contribution is 5.38. The predicted octanol–water partition coefficient (Wildman–Crippen LogP) is 2.96. The van der Waals surface area contributed by atoms with Crippen molar-refractivity contribution in [3.63, 3.8) is 0 Å². The van der Waals surface area contributed by atoms with Crippen LogP contribution in [0.25, 0.3) is 0 Å². The number of benzene rings is 1. The molecule has 1 unspecified atom stereocenters. The first-order chi connectivity index (χ1) is 9.61. The van der Waals surface area contributed by atoms with Gasteiger partial charge in [0.1, 0.15) is 5.75 Å². The van der Waals surface area contributed by atoms with Crippen molar-refractivity contribution in [2.75, 3.05) is 7.11 Å². The monoisotopic (exact) mass is 272 g/mol. The number of methoxy groups -OCH3 is 1. The molecule has 106 valence electrons. The molecule has 0 saturated carbocycles. The molecule has 0 spiro atoms. The van der Waals surface area contributed by atoms with Crippen LogP contribution in [0.3, 0.4) is 0 Å². The molecule has 2 N–H and O–H groups in total. The summed E-state index contributed by atoms with van der Waals surface area (Å²) in [5, 5.41) is 13.4. The lowest BCUT2D eigenvalue weighted by Gasteiger charge is -2.16. The zero-order chi connectivity index (χ0) is 14.5. The minimum Gasteiger partial charge on any atom is -0.508 e. The van der Waals surface area contributed by atoms with Gasteiger partial charge in [0, 0.05) is 29.9 Å². The number of nitrogens with zero attached hydrogens (tertiary/aromatic N) is 1. The van der Waals surface area contributed by atoms with E-state index in [1.54, 1.807) is 19.4 Å². The molecule has 1 atom stereocenters. The van der Waals surface area contributed by atoms with Crippen LogP contribution in [-0.2, 0) is 6.54 Å². The fraction of sp³-hybridized carbons (Fsp3) is 0.312. The standard InChI is InChI=1S/C16H20N2O2/c1-11-6-7-14(15(19)9-11)12(2)18-10-13-5-4-8-17-16(13)20-3/h4-9,12,18-19H,10H2,1-3H3. The van der Waals surface area contributed by atoms with Crippen molar-refractivity contribution >= 4 is 0 Å². The number of hydrogen-bond acceptors (Lipinski definition) is 4. The van der Waals surface area contributed by atoms with Gasteiger partial charge in [0.05, 0.1) is 7.11 Å². The number of rotatable bonds is 5. The lowest BCUT2D eigenvalue weighted by Crippen LogP contribution is -2.18. The topological polar surface area (TPSA) is 54.4 Å². The molecule has 2 rings (SSSR count). The molecule has 1 aromatic heterocycles. The average Bonchev–Trinajstić information content (AvgIpc) is 2.45. The van der Waals surface area contributed by atoms with Crippen LogP contribution in [0.15, 0.2) is 36.5 Å². The number of phenolic OH excluding ortho intramolecular Hbond substituents is 1. The molecule has 4 heteroatoms. The van der Waals surface area contributed by atoms with Crippen LogP contribution >= 0.6 is 0 Å². The number of aromatic nitrogens is 1. The Kier molecular flexibility index (Phi) is 4.58. The predicted molar refractivity (Wildman–Crippen MR) is 78.9 cm³/mol. The summed E-state index contributed by atoms with van der Waals surface area (Å²) in [5.74, 6) is 0.948. The van der Waals surface area contributed by atoms with E-state index in [0.717, 1.165) is 16.7 Å². The quantitative estimate of drug-likeness (QED) is 0.878. The normalized spacial score (nSPS) is 12.2. The summed E-state index contributed by atoms with van der Waals surface area (Å²) in [7, 11) is 1.61. The van der Waals surface area contributed by atoms with Gasteiger partial charge in [-0.25, -0.2) is 4.98 Å². The van der Waals surface area contributed by atoms with Gasteiger partial charge < -0.3 is 15.2 Å². The molecule has 0 amide bonds. The van der Waals surface area contributed by atoms with Crippen LogP contribution in [-0.4, -0.2) is 17.2 Å². The number of aryl methyl sites for hydroxylation is 1. The minimum absolute atomic E-state index is 0.0421. The van der Waals surface area contributed by atoms with E-state index in [1.807, 2.05) is 38.1 Å². The lowest BCUT2D eigenvalue weighted by molar-refractivity contribution is 0.388. The molecule has 0 radical (unpaired) electrons. The van der Waals surface area contributed by atoms with E-state index in [2.05, 4.69) is 10.3 Å². The van der Waals surface area contributed by atoms with Gasteiger partial charge in [-0.05, 0) is 31.5 Å². The fourth-order valence-electron chi connectivity index (χ4n) is 2.14. The molecule has 0 saturated heterocycles. The number of hydrogen-bond donors (Lipinski definition) is 2. The second-order valence-electron chi connectivity index (χ2n) is 4.84. The Balaban J connectivity index is 2.06. The van der Waals surface area contributed by atoms with Gasteiger partial charge in [0.2, 0.25) is 5.88 Å². The highest BCUT2D eigenvalue weighted by atomic mass is 16.5. The summed E-state index contributed by atoms with van der Waals surface area (Å²) in [6, 6.07) is 9.62. The van der Waals surface area contributed by atoms with Crippen molar-refractivity contribution in [2.45, 2.75) is 26.4 Å². The molecular formula is C16H20N2O2. The molecule has 0 aliphatic rings. The van der Waals surface area contributed by atoms with Gasteiger partial charge in [-0.1, -0.05) is 18.2 Å². The molecule has 4 nitrogen and oxygen atoms in total. The van der Waals surface area contributed by atoms with Crippen molar-refractivity contribution in [2.24, 2.45) is 0 Å². The maximum Gasteiger partial charge on any atom is 0.217 e. The minimum atomic E-state index is 0.0421. The van der Waals surface area contributed by atoms with Crippen molar-refractivity contribution in [3.05, 3.63) is 53.2 Å². The Morgan fingerprint density at radius 3 is 2.85 bits per heavy atom. The van der Waals surface area contributed by atoms with Gasteiger partial charge in [0.15, 0.2) is 0 Å². The lowest BCUT2D eigenvalue weighted by atomic mass is 10.0. The van der Waals surface area contributed by atoms with E-state index in [0.29, 0.717) is 18.2 Å². The van der Waals surface area contributed by atoms with Gasteiger partial charge in [-0.15, -0.1) is 0 Å². The molecule has 0 fully saturated rings. The zero-order valence-corrected chi connectivity index (χ0v) is 12.1. The van der Waals surface area contributed by atoms with Crippen molar-refractivity contribution in [3.8, 4) is 11.6 Å². The summed E-state index contributed by atoms with van der Waals surface area (Å²) < 4.78 is 5.22.